The van der Waals surface area contributed by atoms with Crippen LogP contribution in [-0.4, -0.2) is 54.6 Å². The molecule has 3 aliphatic rings. The summed E-state index contributed by atoms with van der Waals surface area (Å²) in [5.41, 5.74) is 1.45. The van der Waals surface area contributed by atoms with E-state index in [1.807, 2.05) is 0 Å². The number of fused-ring (bicyclic) bond motifs is 2. The maximum absolute atomic E-state index is 3.77. The number of hydrogen-bond donors (Lipinski definition) is 1. The van der Waals surface area contributed by atoms with E-state index in [0.717, 1.165) is 24.5 Å². The van der Waals surface area contributed by atoms with Gasteiger partial charge < -0.3 is 10.2 Å². The van der Waals surface area contributed by atoms with Crippen LogP contribution in [0.3, 0.4) is 0 Å². The molecular weight excluding hydrogens is 258 g/mol. The van der Waals surface area contributed by atoms with Crippen LogP contribution in [0.5, 0.6) is 0 Å². The summed E-state index contributed by atoms with van der Waals surface area (Å²) in [5, 5.41) is 3.77. The van der Waals surface area contributed by atoms with E-state index in [1.54, 1.807) is 0 Å². The monoisotopic (exact) mass is 285 g/mol. The third-order valence-electron chi connectivity index (χ3n) is 5.64. The number of nitrogens with one attached hydrogen (secondary N) is 1. The van der Waals surface area contributed by atoms with Crippen LogP contribution in [0, 0.1) is 5.92 Å². The number of piperazine rings is 1. The third-order valence-corrected chi connectivity index (χ3v) is 5.64. The molecule has 3 unspecified atom stereocenters. The first-order valence-corrected chi connectivity index (χ1v) is 8.61. The van der Waals surface area contributed by atoms with Gasteiger partial charge in [-0.1, -0.05) is 30.3 Å². The number of rotatable bonds is 4. The fourth-order valence-corrected chi connectivity index (χ4v) is 4.44. The van der Waals surface area contributed by atoms with Gasteiger partial charge in [0.25, 0.3) is 0 Å². The molecule has 0 spiro atoms. The Kier molecular flexibility index (Phi) is 3.97. The van der Waals surface area contributed by atoms with Crippen LogP contribution in [0.25, 0.3) is 0 Å². The molecule has 114 valence electrons. The van der Waals surface area contributed by atoms with Crippen molar-refractivity contribution in [2.24, 2.45) is 5.92 Å². The topological polar surface area (TPSA) is 18.5 Å². The fraction of sp³-hybridized carbons (Fsp3) is 0.667. The molecule has 0 aliphatic carbocycles. The third kappa shape index (κ3) is 3.15. The van der Waals surface area contributed by atoms with Gasteiger partial charge in [0.1, 0.15) is 0 Å². The minimum atomic E-state index is 0.831. The Hall–Kier alpha value is -0.900. The lowest BCUT2D eigenvalue weighted by molar-refractivity contribution is 0.108. The summed E-state index contributed by atoms with van der Waals surface area (Å²) in [6.07, 6.45) is 4.27. The van der Waals surface area contributed by atoms with Crippen molar-refractivity contribution in [1.29, 1.82) is 0 Å². The molecule has 3 heteroatoms. The molecule has 4 rings (SSSR count). The predicted molar refractivity (Wildman–Crippen MR) is 86.2 cm³/mol. The van der Waals surface area contributed by atoms with Crippen LogP contribution >= 0.6 is 0 Å². The van der Waals surface area contributed by atoms with E-state index < -0.39 is 0 Å². The lowest BCUT2D eigenvalue weighted by Crippen LogP contribution is -2.48. The summed E-state index contributed by atoms with van der Waals surface area (Å²) in [6.45, 7) is 7.39. The Bertz CT molecular complexity index is 453. The standard InChI is InChI=1S/C18H27N3/c1-2-4-15(5-3-1)13-20-8-10-21(11-9-20)14-16-12-17-6-7-18(16)19-17/h1-5,16-19H,6-14H2. The van der Waals surface area contributed by atoms with Crippen molar-refractivity contribution in [2.45, 2.75) is 37.9 Å². The predicted octanol–water partition coefficient (Wildman–Crippen LogP) is 1.94. The highest BCUT2D eigenvalue weighted by Gasteiger charge is 2.39. The van der Waals surface area contributed by atoms with Crippen molar-refractivity contribution < 1.29 is 0 Å². The first-order chi connectivity index (χ1) is 10.4. The zero-order valence-corrected chi connectivity index (χ0v) is 12.9. The van der Waals surface area contributed by atoms with Gasteiger partial charge in [0.2, 0.25) is 0 Å². The Morgan fingerprint density at radius 3 is 2.38 bits per heavy atom. The first-order valence-electron chi connectivity index (χ1n) is 8.61. The SMILES string of the molecule is c1ccc(CN2CCN(CC3CC4CCC3N4)CC2)cc1. The van der Waals surface area contributed by atoms with E-state index in [0.29, 0.717) is 0 Å². The smallest absolute Gasteiger partial charge is 0.0234 e. The zero-order valence-electron chi connectivity index (χ0n) is 12.9. The van der Waals surface area contributed by atoms with E-state index in [9.17, 15) is 0 Å². The summed E-state index contributed by atoms with van der Waals surface area (Å²) in [6, 6.07) is 12.6. The highest BCUT2D eigenvalue weighted by molar-refractivity contribution is 5.14. The first kappa shape index (κ1) is 13.7. The summed E-state index contributed by atoms with van der Waals surface area (Å²) in [4.78, 5) is 5.30. The molecule has 0 amide bonds. The summed E-state index contributed by atoms with van der Waals surface area (Å²) >= 11 is 0. The van der Waals surface area contributed by atoms with Gasteiger partial charge in [-0.3, -0.25) is 4.90 Å². The molecule has 1 aromatic rings. The average molecular weight is 285 g/mol. The maximum atomic E-state index is 3.77. The molecule has 2 bridgehead atoms. The van der Waals surface area contributed by atoms with Crippen molar-refractivity contribution in [2.75, 3.05) is 32.7 Å². The van der Waals surface area contributed by atoms with Gasteiger partial charge in [-0.25, -0.2) is 0 Å². The van der Waals surface area contributed by atoms with Gasteiger partial charge in [-0.2, -0.15) is 0 Å². The van der Waals surface area contributed by atoms with Crippen molar-refractivity contribution >= 4 is 0 Å². The summed E-state index contributed by atoms with van der Waals surface area (Å²) < 4.78 is 0. The minimum absolute atomic E-state index is 0.831. The van der Waals surface area contributed by atoms with Gasteiger partial charge in [0.15, 0.2) is 0 Å². The number of benzene rings is 1. The van der Waals surface area contributed by atoms with Gasteiger partial charge in [0, 0.05) is 51.4 Å². The van der Waals surface area contributed by atoms with Crippen molar-refractivity contribution in [3.8, 4) is 0 Å². The molecule has 3 heterocycles. The zero-order chi connectivity index (χ0) is 14.1. The van der Waals surface area contributed by atoms with Gasteiger partial charge in [0.05, 0.1) is 0 Å². The molecule has 0 radical (unpaired) electrons. The summed E-state index contributed by atoms with van der Waals surface area (Å²) in [7, 11) is 0. The second-order valence-electron chi connectivity index (χ2n) is 7.11. The molecule has 0 aromatic heterocycles. The van der Waals surface area contributed by atoms with Crippen molar-refractivity contribution in [3.63, 3.8) is 0 Å². The van der Waals surface area contributed by atoms with E-state index in [2.05, 4.69) is 45.4 Å². The number of nitrogens with zero attached hydrogens (tertiary/aromatic N) is 2. The fourth-order valence-electron chi connectivity index (χ4n) is 4.44. The molecule has 21 heavy (non-hydrogen) atoms. The van der Waals surface area contributed by atoms with Crippen molar-refractivity contribution in [3.05, 3.63) is 35.9 Å². The van der Waals surface area contributed by atoms with Crippen LogP contribution in [0.2, 0.25) is 0 Å². The Morgan fingerprint density at radius 2 is 1.71 bits per heavy atom. The van der Waals surface area contributed by atoms with Crippen LogP contribution < -0.4 is 5.32 Å². The molecule has 1 aromatic carbocycles. The van der Waals surface area contributed by atoms with Crippen molar-refractivity contribution in [1.82, 2.24) is 15.1 Å². The molecule has 3 atom stereocenters. The Morgan fingerprint density at radius 1 is 0.952 bits per heavy atom. The van der Waals surface area contributed by atoms with Crippen LogP contribution in [0.4, 0.5) is 0 Å². The van der Waals surface area contributed by atoms with E-state index in [-0.39, 0.29) is 0 Å². The molecular formula is C18H27N3. The van der Waals surface area contributed by atoms with Gasteiger partial charge >= 0.3 is 0 Å². The normalized spacial score (nSPS) is 33.6. The lowest BCUT2D eigenvalue weighted by Gasteiger charge is -2.37. The summed E-state index contributed by atoms with van der Waals surface area (Å²) in [5.74, 6) is 0.921. The van der Waals surface area contributed by atoms with Crippen LogP contribution in [0.15, 0.2) is 30.3 Å². The largest absolute Gasteiger partial charge is 0.311 e. The highest BCUT2D eigenvalue weighted by Crippen LogP contribution is 2.33. The quantitative estimate of drug-likeness (QED) is 0.912. The molecule has 3 fully saturated rings. The van der Waals surface area contributed by atoms with E-state index in [4.69, 9.17) is 0 Å². The van der Waals surface area contributed by atoms with Gasteiger partial charge in [-0.05, 0) is 30.7 Å². The average Bonchev–Trinajstić information content (AvgIpc) is 3.13. The maximum Gasteiger partial charge on any atom is 0.0234 e. The van der Waals surface area contributed by atoms with Crippen LogP contribution in [0.1, 0.15) is 24.8 Å². The minimum Gasteiger partial charge on any atom is -0.311 e. The molecule has 3 saturated heterocycles. The highest BCUT2D eigenvalue weighted by atomic mass is 15.3. The molecule has 3 aliphatic heterocycles. The Balaban J connectivity index is 1.23. The Labute approximate surface area is 128 Å². The van der Waals surface area contributed by atoms with E-state index >= 15 is 0 Å². The van der Waals surface area contributed by atoms with E-state index in [1.165, 1.54) is 57.5 Å². The lowest BCUT2D eigenvalue weighted by atomic mass is 9.88. The molecule has 0 saturated carbocycles. The van der Waals surface area contributed by atoms with Gasteiger partial charge in [-0.15, -0.1) is 0 Å². The molecule has 3 nitrogen and oxygen atoms in total. The number of hydrogen-bond acceptors (Lipinski definition) is 3. The second kappa shape index (κ2) is 6.07. The van der Waals surface area contributed by atoms with Crippen LogP contribution in [-0.2, 0) is 6.54 Å². The second-order valence-corrected chi connectivity index (χ2v) is 7.11. The molecule has 1 N–H and O–H groups in total.